The Hall–Kier alpha value is -1.76. The zero-order chi connectivity index (χ0) is 18.4. The van der Waals surface area contributed by atoms with Crippen LogP contribution in [0.15, 0.2) is 29.3 Å². The first kappa shape index (κ1) is 17.6. The maximum Gasteiger partial charge on any atom is 0.251 e. The van der Waals surface area contributed by atoms with Crippen LogP contribution in [0.1, 0.15) is 32.6 Å². The number of rotatable bonds is 1. The Morgan fingerprint density at radius 1 is 1.19 bits per heavy atom. The maximum atomic E-state index is 13.8. The number of amidine groups is 1. The minimum Gasteiger partial charge on any atom is -0.358 e. The molecule has 4 nitrogen and oxygen atoms in total. The van der Waals surface area contributed by atoms with Gasteiger partial charge in [-0.25, -0.2) is 18.2 Å². The monoisotopic (exact) mass is 366 g/mol. The lowest BCUT2D eigenvalue weighted by atomic mass is 9.81. The average Bonchev–Trinajstić information content (AvgIpc) is 2.93. The smallest absolute Gasteiger partial charge is 0.251 e. The van der Waals surface area contributed by atoms with Crippen LogP contribution in [0.5, 0.6) is 0 Å². The van der Waals surface area contributed by atoms with Gasteiger partial charge in [-0.2, -0.15) is 0 Å². The van der Waals surface area contributed by atoms with Gasteiger partial charge in [0.1, 0.15) is 23.9 Å². The third-order valence-electron chi connectivity index (χ3n) is 5.88. The largest absolute Gasteiger partial charge is 0.358 e. The molecule has 2 fully saturated rings. The molecule has 1 aromatic rings. The number of piperidine rings is 2. The number of likely N-dealkylation sites (tertiary alicyclic amines) is 1. The van der Waals surface area contributed by atoms with Crippen molar-refractivity contribution in [3.63, 3.8) is 0 Å². The van der Waals surface area contributed by atoms with Crippen LogP contribution in [-0.4, -0.2) is 54.5 Å². The summed E-state index contributed by atoms with van der Waals surface area (Å²) in [4.78, 5) is 8.98. The number of alkyl halides is 2. The van der Waals surface area contributed by atoms with E-state index < -0.39 is 5.92 Å². The number of nitrogens with zero attached hydrogens (tertiary/aromatic N) is 3. The van der Waals surface area contributed by atoms with Gasteiger partial charge in [-0.3, -0.25) is 0 Å². The van der Waals surface area contributed by atoms with E-state index in [9.17, 15) is 13.2 Å². The van der Waals surface area contributed by atoms with Crippen LogP contribution in [-0.2, 0) is 0 Å². The van der Waals surface area contributed by atoms with Gasteiger partial charge in [0, 0.05) is 37.7 Å². The maximum absolute atomic E-state index is 13.8. The van der Waals surface area contributed by atoms with Gasteiger partial charge in [0.2, 0.25) is 0 Å². The molecule has 3 heterocycles. The standard InChI is InChI=1S/C19H25F3N4/c1-14-12-18(5-8-23-14)17(25-9-6-19(21,22)7-10-25)24-13-26(18)16-4-2-3-15(20)11-16/h2-4,11,14,23H,5-10,12-13H2,1H3. The fraction of sp³-hybridized carbons (Fsp3) is 0.632. The number of nitrogens with one attached hydrogen (secondary N) is 1. The van der Waals surface area contributed by atoms with E-state index in [0.717, 1.165) is 30.9 Å². The molecule has 3 aliphatic rings. The molecule has 2 atom stereocenters. The molecule has 7 heteroatoms. The van der Waals surface area contributed by atoms with Gasteiger partial charge in [0.05, 0.1) is 0 Å². The highest BCUT2D eigenvalue weighted by Crippen LogP contribution is 2.40. The second-order valence-corrected chi connectivity index (χ2v) is 7.71. The van der Waals surface area contributed by atoms with Gasteiger partial charge in [0.15, 0.2) is 0 Å². The van der Waals surface area contributed by atoms with E-state index >= 15 is 0 Å². The third-order valence-corrected chi connectivity index (χ3v) is 5.88. The molecule has 2 unspecified atom stereocenters. The second kappa shape index (κ2) is 6.44. The molecule has 0 amide bonds. The highest BCUT2D eigenvalue weighted by atomic mass is 19.3. The van der Waals surface area contributed by atoms with Crippen molar-refractivity contribution < 1.29 is 13.2 Å². The predicted molar refractivity (Wildman–Crippen MR) is 96.4 cm³/mol. The number of halogens is 3. The summed E-state index contributed by atoms with van der Waals surface area (Å²) in [6, 6.07) is 6.88. The van der Waals surface area contributed by atoms with Crippen LogP contribution in [0, 0.1) is 5.82 Å². The number of anilines is 1. The van der Waals surface area contributed by atoms with Crippen LogP contribution < -0.4 is 10.2 Å². The third kappa shape index (κ3) is 3.06. The van der Waals surface area contributed by atoms with E-state index in [4.69, 9.17) is 4.99 Å². The van der Waals surface area contributed by atoms with E-state index in [1.807, 2.05) is 11.0 Å². The zero-order valence-electron chi connectivity index (χ0n) is 15.0. The Labute approximate surface area is 152 Å². The molecular formula is C19H25F3N4. The summed E-state index contributed by atoms with van der Waals surface area (Å²) >= 11 is 0. The molecule has 0 radical (unpaired) electrons. The van der Waals surface area contributed by atoms with Crippen molar-refractivity contribution >= 4 is 11.5 Å². The Morgan fingerprint density at radius 3 is 2.65 bits per heavy atom. The number of hydrogen-bond acceptors (Lipinski definition) is 4. The topological polar surface area (TPSA) is 30.9 Å². The van der Waals surface area contributed by atoms with Crippen molar-refractivity contribution in [2.45, 2.75) is 50.1 Å². The van der Waals surface area contributed by atoms with Gasteiger partial charge in [0.25, 0.3) is 5.92 Å². The highest BCUT2D eigenvalue weighted by molar-refractivity contribution is 5.97. The minimum absolute atomic E-state index is 0.129. The van der Waals surface area contributed by atoms with Crippen LogP contribution in [0.4, 0.5) is 18.9 Å². The molecule has 3 aliphatic heterocycles. The molecular weight excluding hydrogens is 341 g/mol. The van der Waals surface area contributed by atoms with Gasteiger partial charge >= 0.3 is 0 Å². The lowest BCUT2D eigenvalue weighted by Gasteiger charge is -2.48. The summed E-state index contributed by atoms with van der Waals surface area (Å²) in [6.07, 6.45) is 1.40. The number of hydrogen-bond donors (Lipinski definition) is 1. The van der Waals surface area contributed by atoms with E-state index in [0.29, 0.717) is 19.8 Å². The van der Waals surface area contributed by atoms with E-state index in [2.05, 4.69) is 17.1 Å². The van der Waals surface area contributed by atoms with E-state index in [1.165, 1.54) is 12.1 Å². The Morgan fingerprint density at radius 2 is 1.96 bits per heavy atom. The van der Waals surface area contributed by atoms with Gasteiger partial charge in [-0.05, 0) is 44.5 Å². The van der Waals surface area contributed by atoms with Crippen molar-refractivity contribution in [2.24, 2.45) is 4.99 Å². The Kier molecular flexibility index (Phi) is 4.37. The summed E-state index contributed by atoms with van der Waals surface area (Å²) in [7, 11) is 0. The molecule has 0 aromatic heterocycles. The summed E-state index contributed by atoms with van der Waals surface area (Å²) in [5.74, 6) is -1.94. The van der Waals surface area contributed by atoms with E-state index in [-0.39, 0.29) is 30.2 Å². The Balaban J connectivity index is 1.66. The van der Waals surface area contributed by atoms with Gasteiger partial charge in [-0.15, -0.1) is 0 Å². The fourth-order valence-electron chi connectivity index (χ4n) is 4.61. The molecule has 2 saturated heterocycles. The second-order valence-electron chi connectivity index (χ2n) is 7.71. The summed E-state index contributed by atoms with van der Waals surface area (Å²) in [5.41, 5.74) is 0.450. The van der Waals surface area contributed by atoms with Gasteiger partial charge in [-0.1, -0.05) is 6.07 Å². The quantitative estimate of drug-likeness (QED) is 0.828. The van der Waals surface area contributed by atoms with Crippen molar-refractivity contribution in [1.82, 2.24) is 10.2 Å². The average molecular weight is 366 g/mol. The summed E-state index contributed by atoms with van der Waals surface area (Å²) < 4.78 is 41.1. The van der Waals surface area contributed by atoms with E-state index in [1.54, 1.807) is 6.07 Å². The van der Waals surface area contributed by atoms with Crippen LogP contribution in [0.25, 0.3) is 0 Å². The lowest BCUT2D eigenvalue weighted by Crippen LogP contribution is -2.63. The summed E-state index contributed by atoms with van der Waals surface area (Å²) in [5, 5.41) is 3.46. The molecule has 1 N–H and O–H groups in total. The molecule has 4 rings (SSSR count). The summed E-state index contributed by atoms with van der Waals surface area (Å²) in [6.45, 7) is 4.05. The number of aliphatic imine (C=N–C) groups is 1. The first-order chi connectivity index (χ1) is 12.4. The molecule has 0 bridgehead atoms. The molecule has 0 saturated carbocycles. The van der Waals surface area contributed by atoms with Gasteiger partial charge < -0.3 is 15.1 Å². The molecule has 0 aliphatic carbocycles. The minimum atomic E-state index is -2.58. The highest BCUT2D eigenvalue weighted by Gasteiger charge is 2.51. The number of benzene rings is 1. The zero-order valence-corrected chi connectivity index (χ0v) is 15.0. The first-order valence-electron chi connectivity index (χ1n) is 9.34. The predicted octanol–water partition coefficient (Wildman–Crippen LogP) is 3.24. The van der Waals surface area contributed by atoms with Crippen molar-refractivity contribution in [2.75, 3.05) is 31.2 Å². The molecule has 142 valence electrons. The normalized spacial score (nSPS) is 31.4. The lowest BCUT2D eigenvalue weighted by molar-refractivity contribution is -0.0443. The SMILES string of the molecule is CC1CC2(CCN1)C(N1CCC(F)(F)CC1)=NCN2c1cccc(F)c1. The van der Waals surface area contributed by atoms with Crippen LogP contribution in [0.2, 0.25) is 0 Å². The van der Waals surface area contributed by atoms with Crippen LogP contribution >= 0.6 is 0 Å². The van der Waals surface area contributed by atoms with Crippen LogP contribution in [0.3, 0.4) is 0 Å². The van der Waals surface area contributed by atoms with Crippen molar-refractivity contribution in [3.05, 3.63) is 30.1 Å². The molecule has 26 heavy (non-hydrogen) atoms. The molecule has 1 aromatic carbocycles. The fourth-order valence-corrected chi connectivity index (χ4v) is 4.61. The first-order valence-corrected chi connectivity index (χ1v) is 9.34. The Bertz CT molecular complexity index is 698. The molecule has 1 spiro atoms. The van der Waals surface area contributed by atoms with Crippen molar-refractivity contribution in [1.29, 1.82) is 0 Å². The van der Waals surface area contributed by atoms with Crippen molar-refractivity contribution in [3.8, 4) is 0 Å².